The Hall–Kier alpha value is -6.16. The lowest BCUT2D eigenvalue weighted by Crippen LogP contribution is -2.10. The van der Waals surface area contributed by atoms with Gasteiger partial charge in [0.2, 0.25) is 0 Å². The number of hydrogen-bond acceptors (Lipinski definition) is 3. The number of hydrogen-bond donors (Lipinski definition) is 0. The molecular formula is C46H29NOS. The van der Waals surface area contributed by atoms with Crippen molar-refractivity contribution < 1.29 is 4.42 Å². The Balaban J connectivity index is 1.23. The van der Waals surface area contributed by atoms with Gasteiger partial charge in [-0.1, -0.05) is 133 Å². The Labute approximate surface area is 287 Å². The zero-order valence-corrected chi connectivity index (χ0v) is 27.3. The summed E-state index contributed by atoms with van der Waals surface area (Å²) in [5.41, 5.74) is 9.72. The van der Waals surface area contributed by atoms with E-state index in [0.717, 1.165) is 39.0 Å². The van der Waals surface area contributed by atoms with Crippen LogP contribution in [0.1, 0.15) is 0 Å². The lowest BCUT2D eigenvalue weighted by molar-refractivity contribution is 0.669. The van der Waals surface area contributed by atoms with Gasteiger partial charge in [0.1, 0.15) is 5.58 Å². The molecule has 49 heavy (non-hydrogen) atoms. The molecule has 0 saturated carbocycles. The highest BCUT2D eigenvalue weighted by atomic mass is 32.1. The van der Waals surface area contributed by atoms with Crippen molar-refractivity contribution in [2.75, 3.05) is 4.90 Å². The Morgan fingerprint density at radius 2 is 1.12 bits per heavy atom. The van der Waals surface area contributed by atoms with Crippen molar-refractivity contribution >= 4 is 81.3 Å². The van der Waals surface area contributed by atoms with Crippen LogP contribution in [-0.2, 0) is 0 Å². The summed E-state index contributed by atoms with van der Waals surface area (Å²) >= 11 is 1.87. The zero-order valence-electron chi connectivity index (χ0n) is 26.5. The normalized spacial score (nSPS) is 11.7. The Bertz CT molecular complexity index is 2830. The van der Waals surface area contributed by atoms with Gasteiger partial charge >= 0.3 is 0 Å². The van der Waals surface area contributed by atoms with E-state index >= 15 is 0 Å². The van der Waals surface area contributed by atoms with Crippen LogP contribution < -0.4 is 4.90 Å². The molecule has 0 atom stereocenters. The minimum absolute atomic E-state index is 0.879. The second-order valence-corrected chi connectivity index (χ2v) is 13.6. The number of nitrogens with zero attached hydrogens (tertiary/aromatic N) is 1. The van der Waals surface area contributed by atoms with E-state index in [2.05, 4.69) is 175 Å². The van der Waals surface area contributed by atoms with Crippen molar-refractivity contribution in [2.45, 2.75) is 0 Å². The van der Waals surface area contributed by atoms with Gasteiger partial charge in [-0.2, -0.15) is 0 Å². The van der Waals surface area contributed by atoms with Crippen molar-refractivity contribution in [3.05, 3.63) is 176 Å². The summed E-state index contributed by atoms with van der Waals surface area (Å²) in [5, 5.41) is 7.24. The maximum absolute atomic E-state index is 6.77. The Kier molecular flexibility index (Phi) is 6.39. The van der Waals surface area contributed by atoms with Crippen LogP contribution in [0.3, 0.4) is 0 Å². The molecule has 3 heteroatoms. The van der Waals surface area contributed by atoms with Crippen LogP contribution in [-0.4, -0.2) is 0 Å². The molecule has 2 nitrogen and oxygen atoms in total. The van der Waals surface area contributed by atoms with Crippen molar-refractivity contribution in [2.24, 2.45) is 0 Å². The third kappa shape index (κ3) is 4.55. The number of furan rings is 1. The lowest BCUT2D eigenvalue weighted by atomic mass is 9.99. The Morgan fingerprint density at radius 3 is 2.00 bits per heavy atom. The molecule has 0 aliphatic rings. The van der Waals surface area contributed by atoms with E-state index in [1.54, 1.807) is 0 Å². The fraction of sp³-hybridized carbons (Fsp3) is 0. The van der Waals surface area contributed by atoms with Crippen LogP contribution in [0.2, 0.25) is 0 Å². The van der Waals surface area contributed by atoms with E-state index in [1.165, 1.54) is 53.2 Å². The van der Waals surface area contributed by atoms with Gasteiger partial charge < -0.3 is 9.32 Å². The minimum atomic E-state index is 0.879. The van der Waals surface area contributed by atoms with E-state index in [4.69, 9.17) is 4.42 Å². The first kappa shape index (κ1) is 27.9. The molecule has 230 valence electrons. The molecule has 0 amide bonds. The first-order valence-electron chi connectivity index (χ1n) is 16.6. The van der Waals surface area contributed by atoms with Gasteiger partial charge in [-0.15, -0.1) is 11.3 Å². The first-order valence-corrected chi connectivity index (χ1v) is 17.4. The zero-order chi connectivity index (χ0) is 32.3. The molecule has 10 rings (SSSR count). The summed E-state index contributed by atoms with van der Waals surface area (Å²) in [6, 6.07) is 63.1. The summed E-state index contributed by atoms with van der Waals surface area (Å²) < 4.78 is 9.39. The van der Waals surface area contributed by atoms with Crippen LogP contribution >= 0.6 is 11.3 Å². The van der Waals surface area contributed by atoms with Gasteiger partial charge in [-0.3, -0.25) is 0 Å². The second-order valence-electron chi connectivity index (χ2n) is 12.5. The van der Waals surface area contributed by atoms with Gasteiger partial charge in [-0.05, 0) is 75.5 Å². The summed E-state index contributed by atoms with van der Waals surface area (Å²) in [7, 11) is 0. The standard InChI is InChI=1S/C46H29NOS/c1-2-12-30(13-3-1)31-24-26-34(27-25-31)47(41-29-33-14-4-5-17-36(33)44-40-19-6-8-22-42(40)48-45(41)44)35-16-10-15-32(28-35)37-20-11-21-39-38-18-7-9-23-43(38)49-46(37)39/h1-29H. The fourth-order valence-electron chi connectivity index (χ4n) is 7.37. The third-order valence-corrected chi connectivity index (χ3v) is 10.9. The molecule has 0 fully saturated rings. The lowest BCUT2D eigenvalue weighted by Gasteiger charge is -2.27. The largest absolute Gasteiger partial charge is 0.454 e. The van der Waals surface area contributed by atoms with Crippen LogP contribution in [0.15, 0.2) is 180 Å². The van der Waals surface area contributed by atoms with Crippen molar-refractivity contribution in [1.29, 1.82) is 0 Å². The van der Waals surface area contributed by atoms with Crippen molar-refractivity contribution in [3.8, 4) is 22.3 Å². The second kappa shape index (κ2) is 11.2. The number of anilines is 3. The number of para-hydroxylation sites is 1. The summed E-state index contributed by atoms with van der Waals surface area (Å²) in [6.45, 7) is 0. The number of fused-ring (bicyclic) bond motifs is 8. The van der Waals surface area contributed by atoms with E-state index < -0.39 is 0 Å². The Morgan fingerprint density at radius 1 is 0.449 bits per heavy atom. The highest BCUT2D eigenvalue weighted by Gasteiger charge is 2.22. The quantitative estimate of drug-likeness (QED) is 0.186. The third-order valence-electron chi connectivity index (χ3n) is 9.64. The van der Waals surface area contributed by atoms with Gasteiger partial charge in [0.05, 0.1) is 5.69 Å². The smallest absolute Gasteiger partial charge is 0.160 e. The topological polar surface area (TPSA) is 16.4 Å². The number of rotatable bonds is 5. The summed E-state index contributed by atoms with van der Waals surface area (Å²) in [5.74, 6) is 0. The van der Waals surface area contributed by atoms with Crippen LogP contribution in [0.4, 0.5) is 17.1 Å². The molecule has 0 aliphatic heterocycles. The fourth-order valence-corrected chi connectivity index (χ4v) is 8.61. The average molecular weight is 644 g/mol. The monoisotopic (exact) mass is 643 g/mol. The molecule has 0 bridgehead atoms. The van der Waals surface area contributed by atoms with Crippen molar-refractivity contribution in [3.63, 3.8) is 0 Å². The van der Waals surface area contributed by atoms with Crippen LogP contribution in [0.5, 0.6) is 0 Å². The average Bonchev–Trinajstić information content (AvgIpc) is 3.75. The molecule has 0 unspecified atom stereocenters. The van der Waals surface area contributed by atoms with E-state index in [9.17, 15) is 0 Å². The SMILES string of the molecule is c1ccc(-c2ccc(N(c3cccc(-c4cccc5c4sc4ccccc45)c3)c3cc4ccccc4c4c3oc3ccccc34)cc2)cc1. The van der Waals surface area contributed by atoms with Crippen LogP contribution in [0.25, 0.3) is 75.1 Å². The van der Waals surface area contributed by atoms with Crippen LogP contribution in [0, 0.1) is 0 Å². The minimum Gasteiger partial charge on any atom is -0.454 e. The molecule has 8 aromatic carbocycles. The predicted octanol–water partition coefficient (Wildman–Crippen LogP) is 13.9. The number of thiophene rings is 1. The molecule has 0 N–H and O–H groups in total. The molecule has 0 saturated heterocycles. The molecule has 0 spiro atoms. The molecule has 2 aromatic heterocycles. The predicted molar refractivity (Wildman–Crippen MR) is 210 cm³/mol. The van der Waals surface area contributed by atoms with Crippen molar-refractivity contribution in [1.82, 2.24) is 0 Å². The van der Waals surface area contributed by atoms with E-state index in [-0.39, 0.29) is 0 Å². The summed E-state index contributed by atoms with van der Waals surface area (Å²) in [4.78, 5) is 2.36. The highest BCUT2D eigenvalue weighted by molar-refractivity contribution is 7.26. The molecular weight excluding hydrogens is 615 g/mol. The highest BCUT2D eigenvalue weighted by Crippen LogP contribution is 2.47. The first-order chi connectivity index (χ1) is 24.3. The maximum atomic E-state index is 6.77. The molecule has 10 aromatic rings. The van der Waals surface area contributed by atoms with Gasteiger partial charge in [-0.25, -0.2) is 0 Å². The van der Waals surface area contributed by atoms with Gasteiger partial charge in [0, 0.05) is 42.3 Å². The summed E-state index contributed by atoms with van der Waals surface area (Å²) in [6.07, 6.45) is 0. The van der Waals surface area contributed by atoms with Gasteiger partial charge in [0.25, 0.3) is 0 Å². The van der Waals surface area contributed by atoms with E-state index in [0.29, 0.717) is 0 Å². The van der Waals surface area contributed by atoms with E-state index in [1.807, 2.05) is 17.4 Å². The molecule has 2 heterocycles. The molecule has 0 radical (unpaired) electrons. The molecule has 0 aliphatic carbocycles. The number of benzene rings is 8. The maximum Gasteiger partial charge on any atom is 0.160 e. The van der Waals surface area contributed by atoms with Gasteiger partial charge in [0.15, 0.2) is 5.58 Å².